The second kappa shape index (κ2) is 9.85. The van der Waals surface area contributed by atoms with Gasteiger partial charge in [0, 0.05) is 30.2 Å². The number of esters is 1. The molecule has 28 heavy (non-hydrogen) atoms. The van der Waals surface area contributed by atoms with Crippen molar-refractivity contribution in [3.05, 3.63) is 71.3 Å². The predicted molar refractivity (Wildman–Crippen MR) is 108 cm³/mol. The van der Waals surface area contributed by atoms with Crippen LogP contribution in [0.3, 0.4) is 0 Å². The van der Waals surface area contributed by atoms with E-state index < -0.39 is 11.6 Å². The fourth-order valence-electron chi connectivity index (χ4n) is 2.37. The Kier molecular flexibility index (Phi) is 7.52. The van der Waals surface area contributed by atoms with Crippen LogP contribution in [0.2, 0.25) is 0 Å². The lowest BCUT2D eigenvalue weighted by Crippen LogP contribution is -2.22. The van der Waals surface area contributed by atoms with Gasteiger partial charge in [-0.1, -0.05) is 24.3 Å². The molecule has 0 bridgehead atoms. The lowest BCUT2D eigenvalue weighted by Gasteiger charge is -2.17. The van der Waals surface area contributed by atoms with Crippen LogP contribution < -0.4 is 4.74 Å². The second-order valence-electron chi connectivity index (χ2n) is 7.27. The molecule has 0 fully saturated rings. The maximum Gasteiger partial charge on any atom is 0.331 e. The molecule has 0 amide bonds. The summed E-state index contributed by atoms with van der Waals surface area (Å²) in [6, 6.07) is 13.9. The molecule has 0 aromatic heterocycles. The molecule has 1 N–H and O–H groups in total. The molecule has 0 heterocycles. The van der Waals surface area contributed by atoms with Crippen molar-refractivity contribution in [1.82, 2.24) is 0 Å². The maximum atomic E-state index is 12.6. The van der Waals surface area contributed by atoms with Gasteiger partial charge in [0.25, 0.3) is 0 Å². The minimum Gasteiger partial charge on any atom is -0.494 e. The SMILES string of the molecule is CC(C)(C)OC(=O)C=Cc1ccc(C(=O)c2ccc(OCCCO)cc2)cc1. The number of ketones is 1. The first-order valence-corrected chi connectivity index (χ1v) is 9.18. The first kappa shape index (κ1) is 21.4. The quantitative estimate of drug-likeness (QED) is 0.323. The van der Waals surface area contributed by atoms with E-state index in [9.17, 15) is 9.59 Å². The molecule has 0 spiro atoms. The van der Waals surface area contributed by atoms with Crippen molar-refractivity contribution >= 4 is 17.8 Å². The van der Waals surface area contributed by atoms with Gasteiger partial charge in [0.15, 0.2) is 5.78 Å². The molecule has 0 aliphatic rings. The van der Waals surface area contributed by atoms with Crippen molar-refractivity contribution in [1.29, 1.82) is 0 Å². The number of carbonyl (C=O) groups is 2. The first-order valence-electron chi connectivity index (χ1n) is 9.18. The zero-order valence-corrected chi connectivity index (χ0v) is 16.5. The molecule has 0 aliphatic carbocycles. The fourth-order valence-corrected chi connectivity index (χ4v) is 2.37. The third kappa shape index (κ3) is 7.00. The fraction of sp³-hybridized carbons (Fsp3) is 0.304. The number of carbonyl (C=O) groups excluding carboxylic acids is 2. The van der Waals surface area contributed by atoms with E-state index in [1.165, 1.54) is 6.08 Å². The van der Waals surface area contributed by atoms with E-state index in [0.29, 0.717) is 29.9 Å². The Balaban J connectivity index is 1.98. The summed E-state index contributed by atoms with van der Waals surface area (Å²) in [4.78, 5) is 24.3. The minimum absolute atomic E-state index is 0.0829. The average molecular weight is 382 g/mol. The van der Waals surface area contributed by atoms with Gasteiger partial charge in [-0.25, -0.2) is 4.79 Å². The topological polar surface area (TPSA) is 72.8 Å². The summed E-state index contributed by atoms with van der Waals surface area (Å²) >= 11 is 0. The van der Waals surface area contributed by atoms with Crippen LogP contribution in [-0.2, 0) is 9.53 Å². The van der Waals surface area contributed by atoms with Crippen molar-refractivity contribution in [3.8, 4) is 5.75 Å². The summed E-state index contributed by atoms with van der Waals surface area (Å²) in [5, 5.41) is 8.76. The summed E-state index contributed by atoms with van der Waals surface area (Å²) in [6.07, 6.45) is 3.59. The molecule has 0 saturated carbocycles. The Morgan fingerprint density at radius 2 is 1.54 bits per heavy atom. The van der Waals surface area contributed by atoms with Gasteiger partial charge in [0.05, 0.1) is 6.61 Å². The highest BCUT2D eigenvalue weighted by Crippen LogP contribution is 2.17. The number of benzene rings is 2. The number of aliphatic hydroxyl groups is 1. The molecular formula is C23H26O5. The molecular weight excluding hydrogens is 356 g/mol. The second-order valence-corrected chi connectivity index (χ2v) is 7.27. The molecule has 2 aromatic carbocycles. The summed E-state index contributed by atoms with van der Waals surface area (Å²) < 4.78 is 10.7. The van der Waals surface area contributed by atoms with Gasteiger partial charge in [-0.05, 0) is 56.7 Å². The van der Waals surface area contributed by atoms with Gasteiger partial charge in [-0.3, -0.25) is 4.79 Å². The number of hydrogen-bond acceptors (Lipinski definition) is 5. The smallest absolute Gasteiger partial charge is 0.331 e. The van der Waals surface area contributed by atoms with E-state index in [2.05, 4.69) is 0 Å². The van der Waals surface area contributed by atoms with Crippen molar-refractivity contribution in [2.24, 2.45) is 0 Å². The third-order valence-electron chi connectivity index (χ3n) is 3.68. The van der Waals surface area contributed by atoms with Crippen LogP contribution in [0.1, 0.15) is 48.7 Å². The van der Waals surface area contributed by atoms with E-state index in [4.69, 9.17) is 14.6 Å². The summed E-state index contributed by atoms with van der Waals surface area (Å²) in [7, 11) is 0. The molecule has 148 valence electrons. The molecule has 0 atom stereocenters. The molecule has 5 heteroatoms. The van der Waals surface area contributed by atoms with Crippen LogP contribution in [0.15, 0.2) is 54.6 Å². The van der Waals surface area contributed by atoms with Crippen LogP contribution >= 0.6 is 0 Å². The maximum absolute atomic E-state index is 12.6. The van der Waals surface area contributed by atoms with E-state index in [0.717, 1.165) is 5.56 Å². The minimum atomic E-state index is -0.531. The van der Waals surface area contributed by atoms with Crippen LogP contribution in [-0.4, -0.2) is 35.7 Å². The highest BCUT2D eigenvalue weighted by atomic mass is 16.6. The van der Waals surface area contributed by atoms with Gasteiger partial charge in [0.2, 0.25) is 0 Å². The monoisotopic (exact) mass is 382 g/mol. The molecule has 0 unspecified atom stereocenters. The van der Waals surface area contributed by atoms with Gasteiger partial charge in [-0.2, -0.15) is 0 Å². The van der Waals surface area contributed by atoms with Gasteiger partial charge < -0.3 is 14.6 Å². The molecule has 5 nitrogen and oxygen atoms in total. The van der Waals surface area contributed by atoms with E-state index in [1.54, 1.807) is 54.6 Å². The Hall–Kier alpha value is -2.92. The van der Waals surface area contributed by atoms with Crippen LogP contribution in [0, 0.1) is 0 Å². The molecule has 2 aromatic rings. The van der Waals surface area contributed by atoms with Crippen molar-refractivity contribution in [3.63, 3.8) is 0 Å². The van der Waals surface area contributed by atoms with Gasteiger partial charge in [0.1, 0.15) is 11.4 Å². The van der Waals surface area contributed by atoms with Crippen LogP contribution in [0.25, 0.3) is 6.08 Å². The lowest BCUT2D eigenvalue weighted by molar-refractivity contribution is -0.148. The molecule has 2 rings (SSSR count). The van der Waals surface area contributed by atoms with Crippen molar-refractivity contribution in [2.75, 3.05) is 13.2 Å². The lowest BCUT2D eigenvalue weighted by atomic mass is 10.0. The Bertz CT molecular complexity index is 812. The Morgan fingerprint density at radius 1 is 0.964 bits per heavy atom. The van der Waals surface area contributed by atoms with Crippen LogP contribution in [0.5, 0.6) is 5.75 Å². The number of ether oxygens (including phenoxy) is 2. The van der Waals surface area contributed by atoms with E-state index in [1.807, 2.05) is 20.8 Å². The molecule has 0 saturated heterocycles. The van der Waals surface area contributed by atoms with E-state index in [-0.39, 0.29) is 12.4 Å². The van der Waals surface area contributed by atoms with Crippen molar-refractivity contribution in [2.45, 2.75) is 32.8 Å². The first-order chi connectivity index (χ1) is 13.3. The predicted octanol–water partition coefficient (Wildman–Crippen LogP) is 4.03. The highest BCUT2D eigenvalue weighted by molar-refractivity contribution is 6.09. The Morgan fingerprint density at radius 3 is 2.07 bits per heavy atom. The molecule has 0 aliphatic heterocycles. The Labute approximate surface area is 165 Å². The average Bonchev–Trinajstić information content (AvgIpc) is 2.66. The zero-order valence-electron chi connectivity index (χ0n) is 16.5. The summed E-state index contributed by atoms with van der Waals surface area (Å²) in [6.45, 7) is 5.95. The van der Waals surface area contributed by atoms with Crippen LogP contribution in [0.4, 0.5) is 0 Å². The number of hydrogen-bond donors (Lipinski definition) is 1. The zero-order chi connectivity index (χ0) is 20.6. The van der Waals surface area contributed by atoms with Crippen molar-refractivity contribution < 1.29 is 24.2 Å². The summed E-state index contributed by atoms with van der Waals surface area (Å²) in [5.41, 5.74) is 1.39. The third-order valence-corrected chi connectivity index (χ3v) is 3.68. The number of rotatable bonds is 8. The largest absolute Gasteiger partial charge is 0.494 e. The van der Waals surface area contributed by atoms with E-state index >= 15 is 0 Å². The standard InChI is InChI=1S/C23H26O5/c1-23(2,3)28-21(25)14-7-17-5-8-18(9-6-17)22(26)19-10-12-20(13-11-19)27-16-4-15-24/h5-14,24H,4,15-16H2,1-3H3. The number of aliphatic hydroxyl groups excluding tert-OH is 1. The normalized spacial score (nSPS) is 11.4. The summed E-state index contributed by atoms with van der Waals surface area (Å²) in [5.74, 6) is 0.158. The van der Waals surface area contributed by atoms with Gasteiger partial charge in [-0.15, -0.1) is 0 Å². The molecule has 0 radical (unpaired) electrons. The highest BCUT2D eigenvalue weighted by Gasteiger charge is 2.14. The van der Waals surface area contributed by atoms with Gasteiger partial charge >= 0.3 is 5.97 Å².